The molecule has 26 heavy (non-hydrogen) atoms. The van der Waals surface area contributed by atoms with Crippen molar-refractivity contribution in [2.45, 2.75) is 25.8 Å². The van der Waals surface area contributed by atoms with Crippen molar-refractivity contribution in [3.8, 4) is 0 Å². The van der Waals surface area contributed by atoms with Crippen molar-refractivity contribution in [2.24, 2.45) is 0 Å². The second-order valence-corrected chi connectivity index (χ2v) is 6.15. The predicted octanol–water partition coefficient (Wildman–Crippen LogP) is 3.58. The van der Waals surface area contributed by atoms with Gasteiger partial charge in [0.2, 0.25) is 11.8 Å². The van der Waals surface area contributed by atoms with Crippen LogP contribution in [0.3, 0.4) is 0 Å². The third-order valence-corrected chi connectivity index (χ3v) is 4.50. The Morgan fingerprint density at radius 3 is 2.58 bits per heavy atom. The van der Waals surface area contributed by atoms with Gasteiger partial charge in [0.05, 0.1) is 18.2 Å². The maximum Gasteiger partial charge on any atom is 0.226 e. The second-order valence-electron chi connectivity index (χ2n) is 6.15. The van der Waals surface area contributed by atoms with Gasteiger partial charge in [0.25, 0.3) is 0 Å². The number of anilines is 1. The Balaban J connectivity index is 1.83. The van der Waals surface area contributed by atoms with Gasteiger partial charge in [-0.15, -0.1) is 0 Å². The van der Waals surface area contributed by atoms with E-state index in [2.05, 4.69) is 5.32 Å². The third kappa shape index (κ3) is 3.42. The lowest BCUT2D eigenvalue weighted by atomic mass is 9.90. The van der Waals surface area contributed by atoms with Crippen LogP contribution in [-0.2, 0) is 16.0 Å². The molecule has 0 radical (unpaired) electrons. The summed E-state index contributed by atoms with van der Waals surface area (Å²) in [4.78, 5) is 25.9. The average molecular weight is 362 g/mol. The first-order valence-corrected chi connectivity index (χ1v) is 8.17. The number of nitrogens with one attached hydrogen (secondary N) is 1. The SMILES string of the molecule is CC(=O)N1CCc2ccccc2C1CC(=O)Nc1ccc(F)c(F)c1F. The van der Waals surface area contributed by atoms with Gasteiger partial charge in [-0.3, -0.25) is 9.59 Å². The third-order valence-electron chi connectivity index (χ3n) is 4.50. The molecule has 4 nitrogen and oxygen atoms in total. The molecule has 7 heteroatoms. The number of hydrogen-bond acceptors (Lipinski definition) is 2. The number of carbonyl (C=O) groups is 2. The smallest absolute Gasteiger partial charge is 0.226 e. The fraction of sp³-hybridized carbons (Fsp3) is 0.263. The minimum atomic E-state index is -1.64. The van der Waals surface area contributed by atoms with Gasteiger partial charge in [-0.1, -0.05) is 24.3 Å². The van der Waals surface area contributed by atoms with Crippen LogP contribution >= 0.6 is 0 Å². The molecule has 3 rings (SSSR count). The van der Waals surface area contributed by atoms with E-state index in [0.29, 0.717) is 13.0 Å². The van der Waals surface area contributed by atoms with Crippen LogP contribution in [-0.4, -0.2) is 23.3 Å². The highest BCUT2D eigenvalue weighted by Crippen LogP contribution is 2.32. The van der Waals surface area contributed by atoms with Gasteiger partial charge < -0.3 is 10.2 Å². The van der Waals surface area contributed by atoms with E-state index in [9.17, 15) is 22.8 Å². The van der Waals surface area contributed by atoms with Crippen molar-refractivity contribution < 1.29 is 22.8 Å². The average Bonchev–Trinajstić information content (AvgIpc) is 2.62. The fourth-order valence-electron chi connectivity index (χ4n) is 3.25. The van der Waals surface area contributed by atoms with Crippen molar-refractivity contribution in [3.63, 3.8) is 0 Å². The van der Waals surface area contributed by atoms with E-state index in [1.165, 1.54) is 6.92 Å². The topological polar surface area (TPSA) is 49.4 Å². The van der Waals surface area contributed by atoms with Crippen LogP contribution in [0, 0.1) is 17.5 Å². The first-order valence-electron chi connectivity index (χ1n) is 8.17. The van der Waals surface area contributed by atoms with Gasteiger partial charge in [-0.25, -0.2) is 13.2 Å². The molecule has 0 saturated heterocycles. The largest absolute Gasteiger partial charge is 0.335 e. The number of amides is 2. The van der Waals surface area contributed by atoms with E-state index in [-0.39, 0.29) is 12.3 Å². The standard InChI is InChI=1S/C19H17F3N2O2/c1-11(25)24-9-8-12-4-2-3-5-13(12)16(24)10-17(26)23-15-7-6-14(20)18(21)19(15)22/h2-7,16H,8-10H2,1H3,(H,23,26). The van der Waals surface area contributed by atoms with Gasteiger partial charge in [-0.2, -0.15) is 0 Å². The van der Waals surface area contributed by atoms with Crippen LogP contribution in [0.2, 0.25) is 0 Å². The number of fused-ring (bicyclic) bond motifs is 1. The van der Waals surface area contributed by atoms with Gasteiger partial charge in [-0.05, 0) is 29.7 Å². The highest BCUT2D eigenvalue weighted by Gasteiger charge is 2.31. The van der Waals surface area contributed by atoms with Crippen LogP contribution in [0.4, 0.5) is 18.9 Å². The molecule has 1 aliphatic rings. The van der Waals surface area contributed by atoms with Gasteiger partial charge in [0.15, 0.2) is 17.5 Å². The van der Waals surface area contributed by atoms with Crippen molar-refractivity contribution in [1.82, 2.24) is 4.90 Å². The Morgan fingerprint density at radius 2 is 1.85 bits per heavy atom. The lowest BCUT2D eigenvalue weighted by Crippen LogP contribution is -2.40. The number of nitrogens with zero attached hydrogens (tertiary/aromatic N) is 1. The molecule has 2 amide bonds. The van der Waals surface area contributed by atoms with Gasteiger partial charge in [0, 0.05) is 13.5 Å². The summed E-state index contributed by atoms with van der Waals surface area (Å²) < 4.78 is 40.1. The minimum absolute atomic E-state index is 0.116. The van der Waals surface area contributed by atoms with E-state index < -0.39 is 35.1 Å². The van der Waals surface area contributed by atoms with Crippen molar-refractivity contribution in [3.05, 3.63) is 65.0 Å². The molecule has 2 aromatic carbocycles. The highest BCUT2D eigenvalue weighted by molar-refractivity contribution is 5.91. The first-order chi connectivity index (χ1) is 12.4. The Bertz CT molecular complexity index is 870. The molecule has 1 unspecified atom stereocenters. The first kappa shape index (κ1) is 18.0. The molecule has 136 valence electrons. The Labute approximate surface area is 148 Å². The van der Waals surface area contributed by atoms with E-state index in [1.54, 1.807) is 4.90 Å². The number of benzene rings is 2. The molecule has 0 saturated carbocycles. The number of halogens is 3. The molecule has 0 bridgehead atoms. The predicted molar refractivity (Wildman–Crippen MR) is 89.8 cm³/mol. The van der Waals surface area contributed by atoms with Gasteiger partial charge in [0.1, 0.15) is 0 Å². The summed E-state index contributed by atoms with van der Waals surface area (Å²) in [6.45, 7) is 1.90. The molecular formula is C19H17F3N2O2. The molecule has 0 aromatic heterocycles. The maximum absolute atomic E-state index is 13.8. The molecule has 1 aliphatic heterocycles. The van der Waals surface area contributed by atoms with Crippen LogP contribution in [0.1, 0.15) is 30.5 Å². The quantitative estimate of drug-likeness (QED) is 0.849. The lowest BCUT2D eigenvalue weighted by molar-refractivity contribution is -0.132. The summed E-state index contributed by atoms with van der Waals surface area (Å²) in [6, 6.07) is 8.70. The van der Waals surface area contributed by atoms with Crippen molar-refractivity contribution in [2.75, 3.05) is 11.9 Å². The number of hydrogen-bond donors (Lipinski definition) is 1. The Kier molecular flexibility index (Phi) is 4.97. The molecule has 1 heterocycles. The highest BCUT2D eigenvalue weighted by atomic mass is 19.2. The summed E-state index contributed by atoms with van der Waals surface area (Å²) in [6.07, 6.45) is 0.570. The molecule has 1 atom stereocenters. The molecule has 2 aromatic rings. The van der Waals surface area contributed by atoms with Crippen LogP contribution in [0.15, 0.2) is 36.4 Å². The molecule has 1 N–H and O–H groups in total. The van der Waals surface area contributed by atoms with Gasteiger partial charge >= 0.3 is 0 Å². The monoisotopic (exact) mass is 362 g/mol. The zero-order valence-electron chi connectivity index (χ0n) is 14.1. The summed E-state index contributed by atoms with van der Waals surface area (Å²) in [5, 5.41) is 2.26. The zero-order valence-corrected chi connectivity index (χ0v) is 14.1. The summed E-state index contributed by atoms with van der Waals surface area (Å²) in [5.74, 6) is -5.19. The summed E-state index contributed by atoms with van der Waals surface area (Å²) in [7, 11) is 0. The molecule has 0 spiro atoms. The number of carbonyl (C=O) groups excluding carboxylic acids is 2. The van der Waals surface area contributed by atoms with Crippen molar-refractivity contribution in [1.29, 1.82) is 0 Å². The van der Waals surface area contributed by atoms with E-state index in [1.807, 2.05) is 24.3 Å². The molecule has 0 aliphatic carbocycles. The Morgan fingerprint density at radius 1 is 1.12 bits per heavy atom. The van der Waals surface area contributed by atoms with Crippen LogP contribution < -0.4 is 5.32 Å². The minimum Gasteiger partial charge on any atom is -0.335 e. The van der Waals surface area contributed by atoms with Crippen molar-refractivity contribution >= 4 is 17.5 Å². The van der Waals surface area contributed by atoms with E-state index in [4.69, 9.17) is 0 Å². The normalized spacial score (nSPS) is 16.2. The maximum atomic E-state index is 13.8. The zero-order chi connectivity index (χ0) is 18.8. The lowest BCUT2D eigenvalue weighted by Gasteiger charge is -2.36. The fourth-order valence-corrected chi connectivity index (χ4v) is 3.25. The van der Waals surface area contributed by atoms with E-state index >= 15 is 0 Å². The molecular weight excluding hydrogens is 345 g/mol. The summed E-state index contributed by atoms with van der Waals surface area (Å²) >= 11 is 0. The Hall–Kier alpha value is -2.83. The summed E-state index contributed by atoms with van der Waals surface area (Å²) in [5.41, 5.74) is 1.46. The van der Waals surface area contributed by atoms with Crippen LogP contribution in [0.5, 0.6) is 0 Å². The van der Waals surface area contributed by atoms with E-state index in [0.717, 1.165) is 23.3 Å². The number of rotatable bonds is 3. The molecule has 0 fully saturated rings. The second kappa shape index (κ2) is 7.19. The van der Waals surface area contributed by atoms with Crippen LogP contribution in [0.25, 0.3) is 0 Å².